The summed E-state index contributed by atoms with van der Waals surface area (Å²) in [5.74, 6) is -1.93. The van der Waals surface area contributed by atoms with E-state index in [2.05, 4.69) is 5.10 Å². The number of nitrogens with zero attached hydrogens (tertiary/aromatic N) is 3. The molecule has 6 nitrogen and oxygen atoms in total. The summed E-state index contributed by atoms with van der Waals surface area (Å²) in [6.07, 6.45) is 1.26. The number of rotatable bonds is 3. The lowest BCUT2D eigenvalue weighted by Crippen LogP contribution is -2.42. The van der Waals surface area contributed by atoms with Gasteiger partial charge in [-0.15, -0.1) is 0 Å². The minimum absolute atomic E-state index is 0.200. The number of hydrogen-bond acceptors (Lipinski definition) is 3. The van der Waals surface area contributed by atoms with Crippen molar-refractivity contribution in [2.75, 3.05) is 13.1 Å². The number of aliphatic carboxylic acids is 1. The highest BCUT2D eigenvalue weighted by atomic mass is 19.1. The van der Waals surface area contributed by atoms with Crippen LogP contribution < -0.4 is 0 Å². The molecule has 7 heteroatoms. The molecule has 25 heavy (non-hydrogen) atoms. The molecule has 0 unspecified atom stereocenters. The number of hydrogen-bond donors (Lipinski definition) is 1. The van der Waals surface area contributed by atoms with Crippen molar-refractivity contribution < 1.29 is 19.1 Å². The molecule has 2 heterocycles. The van der Waals surface area contributed by atoms with Gasteiger partial charge in [-0.1, -0.05) is 0 Å². The first-order valence-corrected chi connectivity index (χ1v) is 8.22. The summed E-state index contributed by atoms with van der Waals surface area (Å²) in [5.41, 5.74) is 2.38. The maximum Gasteiger partial charge on any atom is 0.308 e. The van der Waals surface area contributed by atoms with E-state index in [1.807, 2.05) is 0 Å². The van der Waals surface area contributed by atoms with Gasteiger partial charge >= 0.3 is 5.97 Å². The fraction of sp³-hybridized carbons (Fsp3) is 0.389. The molecule has 1 aromatic carbocycles. The molecule has 1 saturated heterocycles. The molecule has 0 radical (unpaired) electrons. The summed E-state index contributed by atoms with van der Waals surface area (Å²) in [6.45, 7) is 4.30. The van der Waals surface area contributed by atoms with Gasteiger partial charge in [-0.05, 0) is 51.0 Å². The first-order valence-electron chi connectivity index (χ1n) is 8.22. The van der Waals surface area contributed by atoms with Crippen molar-refractivity contribution in [3.8, 4) is 5.69 Å². The zero-order chi connectivity index (χ0) is 18.1. The molecule has 1 aromatic heterocycles. The Morgan fingerprint density at radius 1 is 1.24 bits per heavy atom. The number of carboxylic acids is 1. The van der Waals surface area contributed by atoms with E-state index in [0.29, 0.717) is 42.0 Å². The van der Waals surface area contributed by atoms with Gasteiger partial charge < -0.3 is 10.0 Å². The average Bonchev–Trinajstić information content (AvgIpc) is 2.89. The summed E-state index contributed by atoms with van der Waals surface area (Å²) in [6, 6.07) is 5.89. The number of amides is 1. The maximum atomic E-state index is 13.1. The number of carboxylic acid groups (broad SMARTS) is 1. The first kappa shape index (κ1) is 17.1. The third kappa shape index (κ3) is 3.26. The second-order valence-electron chi connectivity index (χ2n) is 6.36. The topological polar surface area (TPSA) is 75.4 Å². The molecule has 0 spiro atoms. The summed E-state index contributed by atoms with van der Waals surface area (Å²) in [4.78, 5) is 25.7. The predicted molar refractivity (Wildman–Crippen MR) is 89.3 cm³/mol. The lowest BCUT2D eigenvalue weighted by Gasteiger charge is -2.30. The molecule has 1 amide bonds. The van der Waals surface area contributed by atoms with Crippen LogP contribution in [0.5, 0.6) is 0 Å². The lowest BCUT2D eigenvalue weighted by atomic mass is 9.97. The van der Waals surface area contributed by atoms with Crippen LogP contribution in [0.25, 0.3) is 5.69 Å². The quantitative estimate of drug-likeness (QED) is 0.928. The number of benzene rings is 1. The summed E-state index contributed by atoms with van der Waals surface area (Å²) < 4.78 is 14.7. The Labute approximate surface area is 144 Å². The smallest absolute Gasteiger partial charge is 0.308 e. The Morgan fingerprint density at radius 3 is 2.56 bits per heavy atom. The van der Waals surface area contributed by atoms with Crippen LogP contribution in [-0.4, -0.2) is 44.8 Å². The fourth-order valence-electron chi connectivity index (χ4n) is 3.31. The van der Waals surface area contributed by atoms with Crippen molar-refractivity contribution in [1.82, 2.24) is 14.7 Å². The van der Waals surface area contributed by atoms with Crippen LogP contribution in [0.1, 0.15) is 34.6 Å². The number of aryl methyl sites for hydroxylation is 1. The zero-order valence-corrected chi connectivity index (χ0v) is 14.2. The molecule has 132 valence electrons. The monoisotopic (exact) mass is 345 g/mol. The van der Waals surface area contributed by atoms with E-state index in [1.54, 1.807) is 35.6 Å². The van der Waals surface area contributed by atoms with Gasteiger partial charge in [-0.2, -0.15) is 5.10 Å². The Morgan fingerprint density at radius 2 is 1.92 bits per heavy atom. The average molecular weight is 345 g/mol. The van der Waals surface area contributed by atoms with Crippen LogP contribution in [0.4, 0.5) is 4.39 Å². The molecule has 0 bridgehead atoms. The molecule has 0 saturated carbocycles. The van der Waals surface area contributed by atoms with Gasteiger partial charge in [0.2, 0.25) is 0 Å². The fourth-order valence-corrected chi connectivity index (χ4v) is 3.31. The zero-order valence-electron chi connectivity index (χ0n) is 14.2. The molecule has 2 aromatic rings. The SMILES string of the molecule is Cc1nn(-c2ccc(F)cc2)c(C)c1C(=O)N1CCC[C@H](C(=O)O)C1. The van der Waals surface area contributed by atoms with Gasteiger partial charge in [0, 0.05) is 13.1 Å². The van der Waals surface area contributed by atoms with Crippen molar-refractivity contribution >= 4 is 11.9 Å². The van der Waals surface area contributed by atoms with E-state index in [9.17, 15) is 19.1 Å². The predicted octanol–water partition coefficient (Wildman–Crippen LogP) is 2.57. The van der Waals surface area contributed by atoms with E-state index in [0.717, 1.165) is 0 Å². The van der Waals surface area contributed by atoms with E-state index in [4.69, 9.17) is 0 Å². The highest BCUT2D eigenvalue weighted by Gasteiger charge is 2.31. The number of halogens is 1. The van der Waals surface area contributed by atoms with Crippen LogP contribution >= 0.6 is 0 Å². The van der Waals surface area contributed by atoms with Crippen molar-refractivity contribution in [2.24, 2.45) is 5.92 Å². The molecular formula is C18H20FN3O3. The Hall–Kier alpha value is -2.70. The van der Waals surface area contributed by atoms with E-state index >= 15 is 0 Å². The van der Waals surface area contributed by atoms with Crippen LogP contribution in [0.15, 0.2) is 24.3 Å². The standard InChI is InChI=1S/C18H20FN3O3/c1-11-16(17(23)21-9-3-4-13(10-21)18(24)25)12(2)22(20-11)15-7-5-14(19)6-8-15/h5-8,13H,3-4,9-10H2,1-2H3,(H,24,25)/t13-/m0/s1. The van der Waals surface area contributed by atoms with Crippen molar-refractivity contribution in [3.63, 3.8) is 0 Å². The van der Waals surface area contributed by atoms with Gasteiger partial charge in [-0.3, -0.25) is 9.59 Å². The third-order valence-corrected chi connectivity index (χ3v) is 4.63. The van der Waals surface area contributed by atoms with Gasteiger partial charge in [-0.25, -0.2) is 9.07 Å². The minimum Gasteiger partial charge on any atom is -0.481 e. The molecular weight excluding hydrogens is 325 g/mol. The molecule has 1 aliphatic heterocycles. The molecule has 0 aliphatic carbocycles. The maximum absolute atomic E-state index is 13.1. The molecule has 1 N–H and O–H groups in total. The number of aromatic nitrogens is 2. The van der Waals surface area contributed by atoms with Crippen molar-refractivity contribution in [1.29, 1.82) is 0 Å². The number of piperidine rings is 1. The summed E-state index contributed by atoms with van der Waals surface area (Å²) >= 11 is 0. The third-order valence-electron chi connectivity index (χ3n) is 4.63. The molecule has 1 aliphatic rings. The number of carbonyl (C=O) groups is 2. The van der Waals surface area contributed by atoms with Crippen LogP contribution in [0.2, 0.25) is 0 Å². The molecule has 3 rings (SSSR count). The van der Waals surface area contributed by atoms with Gasteiger partial charge in [0.1, 0.15) is 5.82 Å². The number of carbonyl (C=O) groups excluding carboxylic acids is 1. The van der Waals surface area contributed by atoms with Crippen molar-refractivity contribution in [2.45, 2.75) is 26.7 Å². The highest BCUT2D eigenvalue weighted by Crippen LogP contribution is 2.23. The van der Waals surface area contributed by atoms with Gasteiger partial charge in [0.05, 0.1) is 28.6 Å². The van der Waals surface area contributed by atoms with Crippen LogP contribution in [-0.2, 0) is 4.79 Å². The number of likely N-dealkylation sites (tertiary alicyclic amines) is 1. The van der Waals surface area contributed by atoms with Crippen molar-refractivity contribution in [3.05, 3.63) is 47.0 Å². The largest absolute Gasteiger partial charge is 0.481 e. The first-order chi connectivity index (χ1) is 11.9. The Balaban J connectivity index is 1.91. The minimum atomic E-state index is -0.868. The Bertz CT molecular complexity index is 814. The van der Waals surface area contributed by atoms with Crippen LogP contribution in [0, 0.1) is 25.6 Å². The second kappa shape index (κ2) is 6.66. The summed E-state index contributed by atoms with van der Waals surface area (Å²) in [7, 11) is 0. The van der Waals surface area contributed by atoms with Gasteiger partial charge in [0.15, 0.2) is 0 Å². The lowest BCUT2D eigenvalue weighted by molar-refractivity contribution is -0.143. The highest BCUT2D eigenvalue weighted by molar-refractivity contribution is 5.97. The Kier molecular flexibility index (Phi) is 4.57. The molecule has 1 fully saturated rings. The molecule has 1 atom stereocenters. The second-order valence-corrected chi connectivity index (χ2v) is 6.36. The van der Waals surface area contributed by atoms with E-state index in [-0.39, 0.29) is 18.3 Å². The normalized spacial score (nSPS) is 17.6. The van der Waals surface area contributed by atoms with Crippen LogP contribution in [0.3, 0.4) is 0 Å². The van der Waals surface area contributed by atoms with E-state index in [1.165, 1.54) is 12.1 Å². The van der Waals surface area contributed by atoms with E-state index < -0.39 is 11.9 Å². The summed E-state index contributed by atoms with van der Waals surface area (Å²) in [5, 5.41) is 13.6. The van der Waals surface area contributed by atoms with Gasteiger partial charge in [0.25, 0.3) is 5.91 Å².